The van der Waals surface area contributed by atoms with Gasteiger partial charge in [0.2, 0.25) is 0 Å². The Labute approximate surface area is 100 Å². The average Bonchev–Trinajstić information content (AvgIpc) is 2.61. The summed E-state index contributed by atoms with van der Waals surface area (Å²) in [5.41, 5.74) is 3.34. The lowest BCUT2D eigenvalue weighted by Crippen LogP contribution is -2.07. The molecule has 0 spiro atoms. The molecular weight excluding hydrogens is 222 g/mol. The summed E-state index contributed by atoms with van der Waals surface area (Å²) in [6, 6.07) is 7.82. The molecule has 0 aliphatic heterocycles. The van der Waals surface area contributed by atoms with Crippen LogP contribution in [0.4, 0.5) is 0 Å². The second-order valence-electron chi connectivity index (χ2n) is 3.70. The molecule has 1 aromatic carbocycles. The third-order valence-electron chi connectivity index (χ3n) is 2.40. The van der Waals surface area contributed by atoms with Crippen molar-refractivity contribution >= 4 is 11.6 Å². The van der Waals surface area contributed by atoms with Crippen LogP contribution in [0.25, 0.3) is 11.1 Å². The van der Waals surface area contributed by atoms with E-state index in [1.807, 2.05) is 49.2 Å². The minimum atomic E-state index is 0.753. The molecule has 0 aliphatic rings. The number of nitrogens with one attached hydrogen (secondary N) is 1. The van der Waals surface area contributed by atoms with E-state index in [0.717, 1.165) is 28.4 Å². The van der Waals surface area contributed by atoms with Crippen LogP contribution in [-0.2, 0) is 13.6 Å². The van der Waals surface area contributed by atoms with Crippen LogP contribution >= 0.6 is 11.6 Å². The van der Waals surface area contributed by atoms with Gasteiger partial charge in [-0.2, -0.15) is 5.10 Å². The SMILES string of the molecule is CNCc1nn(C)cc1-c1ccc(Cl)cc1. The molecule has 0 radical (unpaired) electrons. The third kappa shape index (κ3) is 2.26. The number of benzene rings is 1. The van der Waals surface area contributed by atoms with E-state index in [1.165, 1.54) is 0 Å². The molecule has 0 bridgehead atoms. The van der Waals surface area contributed by atoms with Crippen LogP contribution in [0.1, 0.15) is 5.69 Å². The normalized spacial score (nSPS) is 10.7. The number of nitrogens with zero attached hydrogens (tertiary/aromatic N) is 2. The number of aromatic nitrogens is 2. The zero-order valence-electron chi connectivity index (χ0n) is 9.37. The average molecular weight is 236 g/mol. The molecule has 84 valence electrons. The molecule has 1 N–H and O–H groups in total. The highest BCUT2D eigenvalue weighted by atomic mass is 35.5. The maximum absolute atomic E-state index is 5.87. The standard InChI is InChI=1S/C12H14ClN3/c1-14-7-12-11(8-16(2)15-12)9-3-5-10(13)6-4-9/h3-6,8,14H,7H2,1-2H3. The summed E-state index contributed by atoms with van der Waals surface area (Å²) in [4.78, 5) is 0. The first-order valence-corrected chi connectivity index (χ1v) is 5.51. The molecule has 0 amide bonds. The van der Waals surface area contributed by atoms with Crippen molar-refractivity contribution in [3.8, 4) is 11.1 Å². The van der Waals surface area contributed by atoms with Crippen molar-refractivity contribution in [1.29, 1.82) is 0 Å². The highest BCUT2D eigenvalue weighted by Crippen LogP contribution is 2.24. The van der Waals surface area contributed by atoms with Gasteiger partial charge in [0, 0.05) is 30.4 Å². The summed E-state index contributed by atoms with van der Waals surface area (Å²) in [5, 5.41) is 8.29. The summed E-state index contributed by atoms with van der Waals surface area (Å²) >= 11 is 5.87. The van der Waals surface area contributed by atoms with E-state index in [1.54, 1.807) is 0 Å². The van der Waals surface area contributed by atoms with Crippen LogP contribution in [0, 0.1) is 0 Å². The van der Waals surface area contributed by atoms with Gasteiger partial charge in [0.15, 0.2) is 0 Å². The number of hydrogen-bond donors (Lipinski definition) is 1. The van der Waals surface area contributed by atoms with Gasteiger partial charge >= 0.3 is 0 Å². The van der Waals surface area contributed by atoms with Crippen molar-refractivity contribution in [3.05, 3.63) is 41.2 Å². The van der Waals surface area contributed by atoms with Crippen molar-refractivity contribution in [3.63, 3.8) is 0 Å². The Bertz CT molecular complexity index is 474. The van der Waals surface area contributed by atoms with Crippen molar-refractivity contribution in [2.45, 2.75) is 6.54 Å². The van der Waals surface area contributed by atoms with Crippen LogP contribution in [-0.4, -0.2) is 16.8 Å². The second kappa shape index (κ2) is 4.68. The van der Waals surface area contributed by atoms with E-state index in [0.29, 0.717) is 0 Å². The van der Waals surface area contributed by atoms with Gasteiger partial charge in [0.05, 0.1) is 5.69 Å². The molecule has 0 fully saturated rings. The molecule has 0 saturated heterocycles. The quantitative estimate of drug-likeness (QED) is 0.886. The van der Waals surface area contributed by atoms with Gasteiger partial charge in [-0.3, -0.25) is 4.68 Å². The third-order valence-corrected chi connectivity index (χ3v) is 2.66. The molecule has 0 atom stereocenters. The van der Waals surface area contributed by atoms with Gasteiger partial charge in [0.25, 0.3) is 0 Å². The predicted octanol–water partition coefficient (Wildman–Crippen LogP) is 2.46. The fourth-order valence-electron chi connectivity index (χ4n) is 1.70. The first kappa shape index (κ1) is 11.2. The van der Waals surface area contributed by atoms with E-state index >= 15 is 0 Å². The Balaban J connectivity index is 2.42. The molecule has 4 heteroatoms. The van der Waals surface area contributed by atoms with Crippen molar-refractivity contribution < 1.29 is 0 Å². The molecule has 2 aromatic rings. The first-order valence-electron chi connectivity index (χ1n) is 5.14. The van der Waals surface area contributed by atoms with Gasteiger partial charge in [-0.05, 0) is 24.7 Å². The lowest BCUT2D eigenvalue weighted by Gasteiger charge is -2.01. The van der Waals surface area contributed by atoms with E-state index in [-0.39, 0.29) is 0 Å². The Morgan fingerprint density at radius 2 is 2.00 bits per heavy atom. The lowest BCUT2D eigenvalue weighted by molar-refractivity contribution is 0.712. The molecular formula is C12H14ClN3. The summed E-state index contributed by atoms with van der Waals surface area (Å²) in [6.07, 6.45) is 2.02. The van der Waals surface area contributed by atoms with E-state index in [4.69, 9.17) is 11.6 Å². The topological polar surface area (TPSA) is 29.9 Å². The van der Waals surface area contributed by atoms with Crippen LogP contribution in [0.3, 0.4) is 0 Å². The van der Waals surface area contributed by atoms with Gasteiger partial charge < -0.3 is 5.32 Å². The minimum Gasteiger partial charge on any atom is -0.314 e. The van der Waals surface area contributed by atoms with E-state index in [9.17, 15) is 0 Å². The van der Waals surface area contributed by atoms with Crippen molar-refractivity contribution in [2.24, 2.45) is 7.05 Å². The van der Waals surface area contributed by atoms with Gasteiger partial charge in [-0.1, -0.05) is 23.7 Å². The van der Waals surface area contributed by atoms with Crippen LogP contribution in [0.15, 0.2) is 30.5 Å². The van der Waals surface area contributed by atoms with Crippen LogP contribution in [0.2, 0.25) is 5.02 Å². The maximum Gasteiger partial charge on any atom is 0.0840 e. The van der Waals surface area contributed by atoms with Gasteiger partial charge in [0.1, 0.15) is 0 Å². The highest BCUT2D eigenvalue weighted by molar-refractivity contribution is 6.30. The summed E-state index contributed by atoms with van der Waals surface area (Å²) in [5.74, 6) is 0. The van der Waals surface area contributed by atoms with E-state index < -0.39 is 0 Å². The first-order chi connectivity index (χ1) is 7.70. The van der Waals surface area contributed by atoms with Crippen LogP contribution < -0.4 is 5.32 Å². The van der Waals surface area contributed by atoms with Crippen LogP contribution in [0.5, 0.6) is 0 Å². The number of halogens is 1. The maximum atomic E-state index is 5.87. The van der Waals surface area contributed by atoms with Crippen molar-refractivity contribution in [1.82, 2.24) is 15.1 Å². The molecule has 3 nitrogen and oxygen atoms in total. The fraction of sp³-hybridized carbons (Fsp3) is 0.250. The lowest BCUT2D eigenvalue weighted by atomic mass is 10.1. The minimum absolute atomic E-state index is 0.753. The van der Waals surface area contributed by atoms with Gasteiger partial charge in [-0.15, -0.1) is 0 Å². The zero-order valence-corrected chi connectivity index (χ0v) is 10.1. The molecule has 0 unspecified atom stereocenters. The fourth-order valence-corrected chi connectivity index (χ4v) is 1.83. The van der Waals surface area contributed by atoms with Crippen molar-refractivity contribution in [2.75, 3.05) is 7.05 Å². The number of rotatable bonds is 3. The molecule has 0 aliphatic carbocycles. The molecule has 0 saturated carbocycles. The Kier molecular flexibility index (Phi) is 3.27. The molecule has 1 heterocycles. The molecule has 2 rings (SSSR count). The smallest absolute Gasteiger partial charge is 0.0840 e. The number of hydrogen-bond acceptors (Lipinski definition) is 2. The summed E-state index contributed by atoms with van der Waals surface area (Å²) < 4.78 is 1.83. The molecule has 16 heavy (non-hydrogen) atoms. The summed E-state index contributed by atoms with van der Waals surface area (Å²) in [6.45, 7) is 0.763. The Hall–Kier alpha value is -1.32. The monoisotopic (exact) mass is 235 g/mol. The highest BCUT2D eigenvalue weighted by Gasteiger charge is 2.08. The largest absolute Gasteiger partial charge is 0.314 e. The van der Waals surface area contributed by atoms with E-state index in [2.05, 4.69) is 10.4 Å². The Morgan fingerprint density at radius 3 is 2.62 bits per heavy atom. The van der Waals surface area contributed by atoms with Gasteiger partial charge in [-0.25, -0.2) is 0 Å². The summed E-state index contributed by atoms with van der Waals surface area (Å²) in [7, 11) is 3.85. The Morgan fingerprint density at radius 1 is 1.31 bits per heavy atom. The zero-order chi connectivity index (χ0) is 11.5. The second-order valence-corrected chi connectivity index (χ2v) is 4.14. The molecule has 1 aromatic heterocycles. The number of aryl methyl sites for hydroxylation is 1. The predicted molar refractivity (Wildman–Crippen MR) is 66.4 cm³/mol.